The number of piperidine rings is 1. The molecule has 1 amide bonds. The molecule has 9 nitrogen and oxygen atoms in total. The number of hydrogen-bond donors (Lipinski definition) is 1. The van der Waals surface area contributed by atoms with Crippen molar-refractivity contribution in [1.82, 2.24) is 14.0 Å². The Kier molecular flexibility index (Phi) is 7.06. The molecule has 0 spiro atoms. The van der Waals surface area contributed by atoms with Crippen LogP contribution in [0.1, 0.15) is 29.2 Å². The van der Waals surface area contributed by atoms with Gasteiger partial charge in [0.2, 0.25) is 5.88 Å². The van der Waals surface area contributed by atoms with Crippen LogP contribution in [0.2, 0.25) is 0 Å². The normalized spacial score (nSPS) is 18.8. The Morgan fingerprint density at radius 2 is 1.85 bits per heavy atom. The zero-order valence-electron chi connectivity index (χ0n) is 22.4. The topological polar surface area (TPSA) is 101 Å². The van der Waals surface area contributed by atoms with Crippen molar-refractivity contribution in [1.29, 1.82) is 0 Å². The van der Waals surface area contributed by atoms with Gasteiger partial charge in [0.05, 0.1) is 12.2 Å². The SMILES string of the molecule is Cc1cccc(C)c1OCC(=O)N=Nc1c(O)n(CN2C[C@@H]3C[C@H](C2)c2cccc(=O)n2C3)c2ccc(Br)cc12. The van der Waals surface area contributed by atoms with Crippen LogP contribution < -0.4 is 10.3 Å². The maximum Gasteiger partial charge on any atom is 0.302 e. The summed E-state index contributed by atoms with van der Waals surface area (Å²) in [5.74, 6) is 0.683. The summed E-state index contributed by atoms with van der Waals surface area (Å²) in [5.41, 5.74) is 4.05. The Morgan fingerprint density at radius 3 is 2.65 bits per heavy atom. The maximum absolute atomic E-state index is 12.6. The molecule has 4 heterocycles. The lowest BCUT2D eigenvalue weighted by Gasteiger charge is -2.42. The van der Waals surface area contributed by atoms with Gasteiger partial charge < -0.3 is 14.4 Å². The van der Waals surface area contributed by atoms with E-state index in [1.165, 1.54) is 0 Å². The largest absolute Gasteiger partial charge is 0.493 e. The Hall–Kier alpha value is -3.76. The summed E-state index contributed by atoms with van der Waals surface area (Å²) in [7, 11) is 0. The van der Waals surface area contributed by atoms with Crippen LogP contribution in [0.15, 0.2) is 74.1 Å². The third-order valence-corrected chi connectivity index (χ3v) is 8.37. The molecule has 0 aliphatic carbocycles. The number of aromatic nitrogens is 2. The highest BCUT2D eigenvalue weighted by molar-refractivity contribution is 9.10. The van der Waals surface area contributed by atoms with Crippen molar-refractivity contribution in [3.63, 3.8) is 0 Å². The number of amides is 1. The summed E-state index contributed by atoms with van der Waals surface area (Å²) < 4.78 is 10.3. The summed E-state index contributed by atoms with van der Waals surface area (Å²) in [6.45, 7) is 6.35. The molecule has 2 aliphatic rings. The molecule has 1 fully saturated rings. The molecule has 2 atom stereocenters. The lowest BCUT2D eigenvalue weighted by atomic mass is 9.83. The van der Waals surface area contributed by atoms with Crippen LogP contribution in [0.5, 0.6) is 11.6 Å². The molecule has 2 aliphatic heterocycles. The van der Waals surface area contributed by atoms with E-state index in [9.17, 15) is 14.7 Å². The van der Waals surface area contributed by atoms with Gasteiger partial charge in [-0.05, 0) is 61.6 Å². The number of pyridine rings is 1. The standard InChI is InChI=1S/C30H30BrN5O4/c1-18-5-3-6-19(2)29(18)40-16-26(37)32-33-28-23-12-22(31)9-10-25(23)36(30(28)39)17-34-13-20-11-21(15-34)24-7-4-8-27(38)35(24)14-20/h3-10,12,20-21,39H,11,13-17H2,1-2H3/t20-,21+/m0/s1. The first-order valence-electron chi connectivity index (χ1n) is 13.3. The van der Waals surface area contributed by atoms with Crippen molar-refractivity contribution in [3.8, 4) is 11.6 Å². The van der Waals surface area contributed by atoms with Crippen LogP contribution in [-0.2, 0) is 18.0 Å². The zero-order valence-corrected chi connectivity index (χ0v) is 24.0. The van der Waals surface area contributed by atoms with Crippen LogP contribution in [0.3, 0.4) is 0 Å². The van der Waals surface area contributed by atoms with E-state index in [-0.39, 0.29) is 29.7 Å². The quantitative estimate of drug-likeness (QED) is 0.287. The Labute approximate surface area is 239 Å². The first-order chi connectivity index (χ1) is 19.3. The highest BCUT2D eigenvalue weighted by atomic mass is 79.9. The highest BCUT2D eigenvalue weighted by Crippen LogP contribution is 2.41. The van der Waals surface area contributed by atoms with Crippen LogP contribution in [0.4, 0.5) is 5.69 Å². The van der Waals surface area contributed by atoms with Crippen LogP contribution in [0, 0.1) is 19.8 Å². The molecule has 4 aromatic rings. The molecule has 2 aromatic heterocycles. The van der Waals surface area contributed by atoms with Gasteiger partial charge in [-0.25, -0.2) is 0 Å². The number of likely N-dealkylation sites (tertiary alicyclic amines) is 1. The molecule has 40 heavy (non-hydrogen) atoms. The summed E-state index contributed by atoms with van der Waals surface area (Å²) in [4.78, 5) is 27.3. The Balaban J connectivity index is 1.24. The molecule has 0 saturated carbocycles. The number of rotatable bonds is 6. The molecule has 6 rings (SSSR count). The van der Waals surface area contributed by atoms with Crippen molar-refractivity contribution in [3.05, 3.63) is 86.2 Å². The van der Waals surface area contributed by atoms with Crippen LogP contribution >= 0.6 is 15.9 Å². The van der Waals surface area contributed by atoms with Crippen LogP contribution in [-0.4, -0.2) is 44.7 Å². The predicted molar refractivity (Wildman–Crippen MR) is 155 cm³/mol. The minimum absolute atomic E-state index is 0.0485. The number of aromatic hydroxyl groups is 1. The minimum atomic E-state index is -0.546. The smallest absolute Gasteiger partial charge is 0.302 e. The van der Waals surface area contributed by atoms with Crippen molar-refractivity contribution < 1.29 is 14.6 Å². The molecule has 1 saturated heterocycles. The predicted octanol–water partition coefficient (Wildman–Crippen LogP) is 5.65. The highest BCUT2D eigenvalue weighted by Gasteiger charge is 2.35. The average Bonchev–Trinajstić information content (AvgIpc) is 3.17. The lowest BCUT2D eigenvalue weighted by Crippen LogP contribution is -2.47. The molecular formula is C30H30BrN5O4. The number of azo groups is 1. The molecule has 206 valence electrons. The number of para-hydroxylation sites is 1. The number of fused-ring (bicyclic) bond motifs is 5. The first-order valence-corrected chi connectivity index (χ1v) is 14.1. The summed E-state index contributed by atoms with van der Waals surface area (Å²) in [5, 5.41) is 20.1. The number of halogens is 1. The minimum Gasteiger partial charge on any atom is -0.493 e. The zero-order chi connectivity index (χ0) is 28.0. The molecule has 10 heteroatoms. The second-order valence-corrected chi connectivity index (χ2v) is 11.7. The summed E-state index contributed by atoms with van der Waals surface area (Å²) >= 11 is 3.51. The van der Waals surface area contributed by atoms with Crippen molar-refractivity contribution in [2.45, 2.75) is 39.4 Å². The fourth-order valence-corrected chi connectivity index (χ4v) is 6.50. The van der Waals surface area contributed by atoms with Crippen molar-refractivity contribution in [2.24, 2.45) is 16.1 Å². The Bertz CT molecular complexity index is 1690. The number of hydrogen-bond acceptors (Lipinski definition) is 6. The van der Waals surface area contributed by atoms with Crippen molar-refractivity contribution in [2.75, 3.05) is 19.7 Å². The molecule has 0 radical (unpaired) electrons. The lowest BCUT2D eigenvalue weighted by molar-refractivity contribution is -0.120. The van der Waals surface area contributed by atoms with E-state index in [1.807, 2.05) is 71.5 Å². The van der Waals surface area contributed by atoms with Gasteiger partial charge in [-0.3, -0.25) is 19.1 Å². The number of benzene rings is 2. The summed E-state index contributed by atoms with van der Waals surface area (Å²) in [6.07, 6.45) is 1.05. The van der Waals surface area contributed by atoms with Gasteiger partial charge in [-0.1, -0.05) is 40.2 Å². The van der Waals surface area contributed by atoms with Gasteiger partial charge in [0, 0.05) is 47.2 Å². The average molecular weight is 605 g/mol. The van der Waals surface area contributed by atoms with E-state index < -0.39 is 5.91 Å². The number of ether oxygens (including phenoxy) is 1. The number of nitrogens with zero attached hydrogens (tertiary/aromatic N) is 5. The second-order valence-electron chi connectivity index (χ2n) is 10.7. The number of carbonyl (C=O) groups excluding carboxylic acids is 1. The van der Waals surface area contributed by atoms with E-state index >= 15 is 0 Å². The number of aryl methyl sites for hydroxylation is 2. The maximum atomic E-state index is 12.6. The van der Waals surface area contributed by atoms with Gasteiger partial charge in [-0.15, -0.1) is 10.2 Å². The van der Waals surface area contributed by atoms with E-state index in [2.05, 4.69) is 31.1 Å². The van der Waals surface area contributed by atoms with Gasteiger partial charge in [-0.2, -0.15) is 0 Å². The van der Waals surface area contributed by atoms with E-state index in [0.717, 1.165) is 46.3 Å². The molecule has 0 unspecified atom stereocenters. The molecule has 2 bridgehead atoms. The fourth-order valence-electron chi connectivity index (χ4n) is 6.14. The molecular weight excluding hydrogens is 574 g/mol. The first kappa shape index (κ1) is 26.5. The number of carbonyl (C=O) groups is 1. The van der Waals surface area contributed by atoms with Gasteiger partial charge in [0.1, 0.15) is 5.75 Å². The van der Waals surface area contributed by atoms with E-state index in [4.69, 9.17) is 4.74 Å². The third-order valence-electron chi connectivity index (χ3n) is 7.88. The van der Waals surface area contributed by atoms with Crippen LogP contribution in [0.25, 0.3) is 10.9 Å². The molecule has 2 aromatic carbocycles. The van der Waals surface area contributed by atoms with Gasteiger partial charge in [0.15, 0.2) is 12.3 Å². The second kappa shape index (κ2) is 10.7. The van der Waals surface area contributed by atoms with E-state index in [1.54, 1.807) is 6.07 Å². The fraction of sp³-hybridized carbons (Fsp3) is 0.333. The van der Waals surface area contributed by atoms with Crippen molar-refractivity contribution >= 4 is 38.4 Å². The van der Waals surface area contributed by atoms with E-state index in [0.29, 0.717) is 30.3 Å². The molecule has 1 N–H and O–H groups in total. The summed E-state index contributed by atoms with van der Waals surface area (Å²) in [6, 6.07) is 17.0. The van der Waals surface area contributed by atoms with Gasteiger partial charge in [0.25, 0.3) is 5.56 Å². The third kappa shape index (κ3) is 4.97. The van der Waals surface area contributed by atoms with Gasteiger partial charge >= 0.3 is 5.91 Å². The monoisotopic (exact) mass is 603 g/mol. The Morgan fingerprint density at radius 1 is 1.07 bits per heavy atom.